The number of fused-ring (bicyclic) bond motifs is 1. The highest BCUT2D eigenvalue weighted by Gasteiger charge is 2.20. The molecule has 0 aromatic carbocycles. The highest BCUT2D eigenvalue weighted by molar-refractivity contribution is 6.83. The lowest BCUT2D eigenvalue weighted by atomic mass is 10.2. The summed E-state index contributed by atoms with van der Waals surface area (Å²) < 4.78 is 27.2. The third-order valence-corrected chi connectivity index (χ3v) is 3.07. The van der Waals surface area contributed by atoms with Gasteiger partial charge in [-0.3, -0.25) is 0 Å². The first kappa shape index (κ1) is 12.7. The molecule has 0 radical (unpaired) electrons. The van der Waals surface area contributed by atoms with Crippen LogP contribution in [-0.4, -0.2) is 22.7 Å². The van der Waals surface area contributed by atoms with Gasteiger partial charge in [-0.25, -0.2) is 18.3 Å². The number of hydrogen-bond acceptors (Lipinski definition) is 2. The largest absolute Gasteiger partial charge is 0.283 e. The zero-order valence-electron chi connectivity index (χ0n) is 10.4. The van der Waals surface area contributed by atoms with E-state index in [9.17, 15) is 8.78 Å². The maximum absolute atomic E-state index is 12.9. The molecule has 0 amide bonds. The van der Waals surface area contributed by atoms with Gasteiger partial charge in [-0.1, -0.05) is 25.6 Å². The SMILES string of the molecule is C[Si](C)(C)C#Cc1c(C(F)F)nn2cccnc12. The van der Waals surface area contributed by atoms with E-state index in [0.717, 1.165) is 0 Å². The summed E-state index contributed by atoms with van der Waals surface area (Å²) >= 11 is 0. The molecule has 0 saturated heterocycles. The average Bonchev–Trinajstić information content (AvgIpc) is 2.64. The van der Waals surface area contributed by atoms with E-state index < -0.39 is 14.5 Å². The molecule has 0 fully saturated rings. The fraction of sp³-hybridized carbons (Fsp3) is 0.333. The zero-order chi connectivity index (χ0) is 13.3. The van der Waals surface area contributed by atoms with E-state index >= 15 is 0 Å². The Kier molecular flexibility index (Phi) is 3.18. The summed E-state index contributed by atoms with van der Waals surface area (Å²) in [6.07, 6.45) is 0.498. The third-order valence-electron chi connectivity index (χ3n) is 2.19. The van der Waals surface area contributed by atoms with Crippen LogP contribution >= 0.6 is 0 Å². The molecule has 2 heterocycles. The molecule has 0 saturated carbocycles. The Morgan fingerprint density at radius 3 is 2.67 bits per heavy atom. The van der Waals surface area contributed by atoms with Crippen LogP contribution in [0.2, 0.25) is 19.6 Å². The topological polar surface area (TPSA) is 30.2 Å². The molecule has 2 aromatic rings. The Bertz CT molecular complexity index is 632. The lowest BCUT2D eigenvalue weighted by Gasteiger charge is -2.03. The smallest absolute Gasteiger partial charge is 0.236 e. The summed E-state index contributed by atoms with van der Waals surface area (Å²) in [4.78, 5) is 4.06. The molecule has 0 aliphatic heterocycles. The quantitative estimate of drug-likeness (QED) is 0.586. The summed E-state index contributed by atoms with van der Waals surface area (Å²) in [5.74, 6) is 2.84. The Hall–Kier alpha value is -1.74. The van der Waals surface area contributed by atoms with E-state index in [0.29, 0.717) is 5.65 Å². The van der Waals surface area contributed by atoms with Crippen LogP contribution in [0.15, 0.2) is 18.5 Å². The predicted molar refractivity (Wildman–Crippen MR) is 68.2 cm³/mol. The van der Waals surface area contributed by atoms with Gasteiger partial charge in [-0.05, 0) is 6.07 Å². The summed E-state index contributed by atoms with van der Waals surface area (Å²) in [6, 6.07) is 1.64. The fourth-order valence-electron chi connectivity index (χ4n) is 1.43. The van der Waals surface area contributed by atoms with Gasteiger partial charge in [-0.2, -0.15) is 5.10 Å². The molecule has 18 heavy (non-hydrogen) atoms. The van der Waals surface area contributed by atoms with Crippen molar-refractivity contribution >= 4 is 13.7 Å². The van der Waals surface area contributed by atoms with Crippen molar-refractivity contribution in [3.05, 3.63) is 29.7 Å². The molecule has 0 N–H and O–H groups in total. The van der Waals surface area contributed by atoms with Gasteiger partial charge in [0.2, 0.25) is 0 Å². The van der Waals surface area contributed by atoms with Crippen molar-refractivity contribution in [3.8, 4) is 11.5 Å². The second-order valence-corrected chi connectivity index (χ2v) is 9.70. The van der Waals surface area contributed by atoms with Crippen molar-refractivity contribution in [2.45, 2.75) is 26.1 Å². The number of aromatic nitrogens is 3. The first-order valence-electron chi connectivity index (χ1n) is 5.53. The van der Waals surface area contributed by atoms with E-state index in [2.05, 4.69) is 41.2 Å². The van der Waals surface area contributed by atoms with Gasteiger partial charge in [-0.15, -0.1) is 5.54 Å². The van der Waals surface area contributed by atoms with Gasteiger partial charge in [0.1, 0.15) is 13.8 Å². The van der Waals surface area contributed by atoms with Crippen LogP contribution in [-0.2, 0) is 0 Å². The second-order valence-electron chi connectivity index (χ2n) is 4.95. The summed E-state index contributed by atoms with van der Waals surface area (Å²) in [5.41, 5.74) is 3.41. The van der Waals surface area contributed by atoms with Crippen molar-refractivity contribution < 1.29 is 8.78 Å². The van der Waals surface area contributed by atoms with Crippen LogP contribution in [0.25, 0.3) is 5.65 Å². The minimum atomic E-state index is -2.64. The highest BCUT2D eigenvalue weighted by Crippen LogP contribution is 2.23. The van der Waals surface area contributed by atoms with Crippen LogP contribution in [0.4, 0.5) is 8.78 Å². The van der Waals surface area contributed by atoms with E-state index in [4.69, 9.17) is 0 Å². The van der Waals surface area contributed by atoms with Gasteiger partial charge in [0.25, 0.3) is 6.43 Å². The van der Waals surface area contributed by atoms with Crippen LogP contribution in [0.3, 0.4) is 0 Å². The predicted octanol–water partition coefficient (Wildman–Crippen LogP) is 2.90. The molecule has 0 bridgehead atoms. The minimum absolute atomic E-state index is 0.244. The monoisotopic (exact) mass is 265 g/mol. The van der Waals surface area contributed by atoms with Crippen LogP contribution < -0.4 is 0 Å². The van der Waals surface area contributed by atoms with E-state index in [1.807, 2.05) is 0 Å². The zero-order valence-corrected chi connectivity index (χ0v) is 11.4. The lowest BCUT2D eigenvalue weighted by Crippen LogP contribution is -2.16. The first-order valence-corrected chi connectivity index (χ1v) is 9.03. The lowest BCUT2D eigenvalue weighted by molar-refractivity contribution is 0.145. The molecule has 94 valence electrons. The van der Waals surface area contributed by atoms with Crippen LogP contribution in [0, 0.1) is 11.5 Å². The summed E-state index contributed by atoms with van der Waals surface area (Å²) in [5, 5.41) is 3.83. The molecule has 2 rings (SSSR count). The molecule has 2 aromatic heterocycles. The first-order chi connectivity index (χ1) is 8.38. The van der Waals surface area contributed by atoms with Crippen molar-refractivity contribution in [1.29, 1.82) is 0 Å². The molecule has 3 nitrogen and oxygen atoms in total. The number of hydrogen-bond donors (Lipinski definition) is 0. The van der Waals surface area contributed by atoms with Gasteiger partial charge < -0.3 is 0 Å². The summed E-state index contributed by atoms with van der Waals surface area (Å²) in [6.45, 7) is 6.17. The molecular weight excluding hydrogens is 252 g/mol. The van der Waals surface area contributed by atoms with Crippen molar-refractivity contribution in [1.82, 2.24) is 14.6 Å². The van der Waals surface area contributed by atoms with Gasteiger partial charge in [0.05, 0.1) is 5.56 Å². The molecule has 0 unspecified atom stereocenters. The molecule has 0 aliphatic rings. The highest BCUT2D eigenvalue weighted by atomic mass is 28.3. The maximum Gasteiger partial charge on any atom is 0.283 e. The van der Waals surface area contributed by atoms with Crippen LogP contribution in [0.5, 0.6) is 0 Å². The number of rotatable bonds is 1. The van der Waals surface area contributed by atoms with Crippen LogP contribution in [0.1, 0.15) is 17.7 Å². The molecular formula is C12H13F2N3Si. The van der Waals surface area contributed by atoms with E-state index in [1.54, 1.807) is 18.5 Å². The summed E-state index contributed by atoms with van der Waals surface area (Å²) in [7, 11) is -1.63. The Morgan fingerprint density at radius 2 is 2.06 bits per heavy atom. The van der Waals surface area contributed by atoms with Crippen molar-refractivity contribution in [2.24, 2.45) is 0 Å². The molecule has 0 atom stereocenters. The standard InChI is InChI=1S/C12H13F2N3Si/c1-18(2,3)8-5-9-10(11(13)14)16-17-7-4-6-15-12(9)17/h4,6-7,11H,1-3H3. The average molecular weight is 265 g/mol. The molecule has 0 aliphatic carbocycles. The van der Waals surface area contributed by atoms with E-state index in [1.165, 1.54) is 4.52 Å². The minimum Gasteiger partial charge on any atom is -0.236 e. The number of halogens is 2. The Labute approximate surface area is 105 Å². The second kappa shape index (κ2) is 4.50. The van der Waals surface area contributed by atoms with Gasteiger partial charge in [0.15, 0.2) is 5.65 Å². The Morgan fingerprint density at radius 1 is 1.33 bits per heavy atom. The fourth-order valence-corrected chi connectivity index (χ4v) is 1.93. The maximum atomic E-state index is 12.9. The molecule has 6 heteroatoms. The Balaban J connectivity index is 2.65. The van der Waals surface area contributed by atoms with Crippen molar-refractivity contribution in [3.63, 3.8) is 0 Å². The van der Waals surface area contributed by atoms with Gasteiger partial charge >= 0.3 is 0 Å². The molecule has 0 spiro atoms. The van der Waals surface area contributed by atoms with E-state index in [-0.39, 0.29) is 11.3 Å². The third kappa shape index (κ3) is 2.56. The normalized spacial score (nSPS) is 11.7. The van der Waals surface area contributed by atoms with Crippen molar-refractivity contribution in [2.75, 3.05) is 0 Å². The number of alkyl halides is 2. The number of nitrogens with zero attached hydrogens (tertiary/aromatic N) is 3. The van der Waals surface area contributed by atoms with Gasteiger partial charge in [0, 0.05) is 12.4 Å².